The van der Waals surface area contributed by atoms with Crippen LogP contribution in [0.3, 0.4) is 0 Å². The van der Waals surface area contributed by atoms with Gasteiger partial charge in [-0.05, 0) is 29.5 Å². The van der Waals surface area contributed by atoms with Crippen LogP contribution in [0.1, 0.15) is 12.5 Å². The molecule has 0 atom stereocenters. The summed E-state index contributed by atoms with van der Waals surface area (Å²) in [5.41, 5.74) is 2.37. The zero-order valence-corrected chi connectivity index (χ0v) is 8.34. The number of aryl methyl sites for hydroxylation is 1. The summed E-state index contributed by atoms with van der Waals surface area (Å²) in [6.07, 6.45) is 3.01. The molecule has 2 heterocycles. The van der Waals surface area contributed by atoms with Crippen LogP contribution in [0.5, 0.6) is 0 Å². The van der Waals surface area contributed by atoms with Crippen LogP contribution in [-0.4, -0.2) is 4.98 Å². The van der Waals surface area contributed by atoms with E-state index in [-0.39, 0.29) is 0 Å². The van der Waals surface area contributed by atoms with Gasteiger partial charge in [0, 0.05) is 6.20 Å². The van der Waals surface area contributed by atoms with Crippen LogP contribution in [0.2, 0.25) is 0 Å². The number of aromatic nitrogens is 1. The fraction of sp³-hybridized carbons (Fsp3) is 0.182. The molecule has 0 aliphatic heterocycles. The first-order valence-corrected chi connectivity index (χ1v) is 5.27. The van der Waals surface area contributed by atoms with E-state index in [0.717, 1.165) is 12.1 Å². The monoisotopic (exact) mass is 189 g/mol. The number of thiophene rings is 1. The Morgan fingerprint density at radius 2 is 2.23 bits per heavy atom. The van der Waals surface area contributed by atoms with Crippen LogP contribution in [-0.2, 0) is 6.42 Å². The maximum atomic E-state index is 4.40. The maximum Gasteiger partial charge on any atom is 0.0801 e. The second-order valence-corrected chi connectivity index (χ2v) is 3.83. The van der Waals surface area contributed by atoms with Crippen molar-refractivity contribution in [1.82, 2.24) is 4.98 Å². The molecule has 0 unspecified atom stereocenters. The highest BCUT2D eigenvalue weighted by Gasteiger charge is 1.98. The zero-order chi connectivity index (χ0) is 9.10. The van der Waals surface area contributed by atoms with Gasteiger partial charge in [-0.3, -0.25) is 4.98 Å². The lowest BCUT2D eigenvalue weighted by atomic mass is 10.2. The molecule has 2 heteroatoms. The smallest absolute Gasteiger partial charge is 0.0801 e. The van der Waals surface area contributed by atoms with E-state index in [0.29, 0.717) is 0 Å². The fourth-order valence-corrected chi connectivity index (χ4v) is 1.91. The number of nitrogens with zero attached hydrogens (tertiary/aromatic N) is 1. The van der Waals surface area contributed by atoms with E-state index >= 15 is 0 Å². The van der Waals surface area contributed by atoms with Crippen molar-refractivity contribution in [2.45, 2.75) is 13.3 Å². The molecule has 0 spiro atoms. The molecule has 0 saturated carbocycles. The van der Waals surface area contributed by atoms with E-state index < -0.39 is 0 Å². The first kappa shape index (κ1) is 8.45. The van der Waals surface area contributed by atoms with Gasteiger partial charge in [0.05, 0.1) is 10.6 Å². The van der Waals surface area contributed by atoms with Crippen molar-refractivity contribution in [3.8, 4) is 10.6 Å². The standard InChI is InChI=1S/C11H11NS/c1-2-9-5-6-10(12-8-9)11-4-3-7-13-11/h3-8H,2H2,1H3. The van der Waals surface area contributed by atoms with Crippen molar-refractivity contribution in [2.75, 3.05) is 0 Å². The Balaban J connectivity index is 2.33. The Hall–Kier alpha value is -1.15. The highest BCUT2D eigenvalue weighted by molar-refractivity contribution is 7.13. The van der Waals surface area contributed by atoms with Gasteiger partial charge in [-0.2, -0.15) is 0 Å². The molecule has 1 nitrogen and oxygen atoms in total. The van der Waals surface area contributed by atoms with Gasteiger partial charge in [0.1, 0.15) is 0 Å². The van der Waals surface area contributed by atoms with Gasteiger partial charge in [-0.15, -0.1) is 11.3 Å². The molecule has 0 amide bonds. The van der Waals surface area contributed by atoms with E-state index in [2.05, 4.69) is 41.6 Å². The normalized spacial score (nSPS) is 10.2. The van der Waals surface area contributed by atoms with Crippen molar-refractivity contribution in [3.63, 3.8) is 0 Å². The third-order valence-corrected chi connectivity index (χ3v) is 2.90. The average molecular weight is 189 g/mol. The molecular weight excluding hydrogens is 178 g/mol. The van der Waals surface area contributed by atoms with Gasteiger partial charge < -0.3 is 0 Å². The van der Waals surface area contributed by atoms with Gasteiger partial charge >= 0.3 is 0 Å². The molecule has 0 aliphatic rings. The van der Waals surface area contributed by atoms with Gasteiger partial charge in [-0.1, -0.05) is 19.1 Å². The van der Waals surface area contributed by atoms with Crippen LogP contribution in [0.4, 0.5) is 0 Å². The van der Waals surface area contributed by atoms with Crippen molar-refractivity contribution < 1.29 is 0 Å². The van der Waals surface area contributed by atoms with Crippen LogP contribution in [0.15, 0.2) is 35.8 Å². The highest BCUT2D eigenvalue weighted by Crippen LogP contribution is 2.22. The Labute approximate surface area is 82.1 Å². The summed E-state index contributed by atoms with van der Waals surface area (Å²) in [6, 6.07) is 8.38. The predicted octanol–water partition coefficient (Wildman–Crippen LogP) is 3.37. The van der Waals surface area contributed by atoms with Gasteiger partial charge in [-0.25, -0.2) is 0 Å². The molecule has 0 bridgehead atoms. The molecule has 66 valence electrons. The van der Waals surface area contributed by atoms with Crippen LogP contribution in [0.25, 0.3) is 10.6 Å². The lowest BCUT2D eigenvalue weighted by Gasteiger charge is -1.98. The third kappa shape index (κ3) is 1.78. The number of hydrogen-bond acceptors (Lipinski definition) is 2. The molecule has 2 aromatic heterocycles. The minimum atomic E-state index is 1.05. The maximum absolute atomic E-state index is 4.40. The summed E-state index contributed by atoms with van der Waals surface area (Å²) in [7, 11) is 0. The summed E-state index contributed by atoms with van der Waals surface area (Å²) in [6.45, 7) is 2.14. The Kier molecular flexibility index (Phi) is 2.41. The quantitative estimate of drug-likeness (QED) is 0.705. The molecule has 0 fully saturated rings. The molecule has 0 radical (unpaired) electrons. The zero-order valence-electron chi connectivity index (χ0n) is 7.53. The number of pyridine rings is 1. The second-order valence-electron chi connectivity index (χ2n) is 2.88. The van der Waals surface area contributed by atoms with Crippen molar-refractivity contribution in [2.24, 2.45) is 0 Å². The molecule has 0 aromatic carbocycles. The summed E-state index contributed by atoms with van der Waals surface area (Å²) in [5.74, 6) is 0. The average Bonchev–Trinajstić information content (AvgIpc) is 2.71. The van der Waals surface area contributed by atoms with E-state index in [1.165, 1.54) is 10.4 Å². The van der Waals surface area contributed by atoms with E-state index in [1.54, 1.807) is 11.3 Å². The van der Waals surface area contributed by atoms with Crippen molar-refractivity contribution >= 4 is 11.3 Å². The van der Waals surface area contributed by atoms with E-state index in [1.807, 2.05) is 6.20 Å². The molecule has 0 N–H and O–H groups in total. The molecule has 2 aromatic rings. The second kappa shape index (κ2) is 3.71. The first-order chi connectivity index (χ1) is 6.40. The number of rotatable bonds is 2. The SMILES string of the molecule is CCc1ccc(-c2cccs2)nc1. The Morgan fingerprint density at radius 3 is 2.77 bits per heavy atom. The van der Waals surface area contributed by atoms with Gasteiger partial charge in [0.15, 0.2) is 0 Å². The molecule has 13 heavy (non-hydrogen) atoms. The summed E-state index contributed by atoms with van der Waals surface area (Å²) in [4.78, 5) is 5.64. The summed E-state index contributed by atoms with van der Waals surface area (Å²) in [5, 5.41) is 2.07. The lowest BCUT2D eigenvalue weighted by Crippen LogP contribution is -1.83. The van der Waals surface area contributed by atoms with E-state index in [4.69, 9.17) is 0 Å². The third-order valence-electron chi connectivity index (χ3n) is 2.01. The molecule has 2 rings (SSSR count). The minimum Gasteiger partial charge on any atom is -0.255 e. The minimum absolute atomic E-state index is 1.05. The topological polar surface area (TPSA) is 12.9 Å². The molecule has 0 aliphatic carbocycles. The Morgan fingerprint density at radius 1 is 1.31 bits per heavy atom. The number of hydrogen-bond donors (Lipinski definition) is 0. The van der Waals surface area contributed by atoms with Gasteiger partial charge in [0.25, 0.3) is 0 Å². The fourth-order valence-electron chi connectivity index (χ4n) is 1.20. The lowest BCUT2D eigenvalue weighted by molar-refractivity contribution is 1.11. The van der Waals surface area contributed by atoms with Gasteiger partial charge in [0.2, 0.25) is 0 Å². The van der Waals surface area contributed by atoms with Crippen LogP contribution >= 0.6 is 11.3 Å². The van der Waals surface area contributed by atoms with E-state index in [9.17, 15) is 0 Å². The van der Waals surface area contributed by atoms with Crippen LogP contribution in [0, 0.1) is 0 Å². The highest BCUT2D eigenvalue weighted by atomic mass is 32.1. The largest absolute Gasteiger partial charge is 0.255 e. The molecule has 0 saturated heterocycles. The van der Waals surface area contributed by atoms with Crippen molar-refractivity contribution in [1.29, 1.82) is 0 Å². The Bertz CT molecular complexity index is 361. The summed E-state index contributed by atoms with van der Waals surface area (Å²) < 4.78 is 0. The summed E-state index contributed by atoms with van der Waals surface area (Å²) >= 11 is 1.73. The van der Waals surface area contributed by atoms with Crippen molar-refractivity contribution in [3.05, 3.63) is 41.4 Å². The molecular formula is C11H11NS. The predicted molar refractivity (Wildman–Crippen MR) is 56.9 cm³/mol. The van der Waals surface area contributed by atoms with Crippen LogP contribution < -0.4 is 0 Å². The first-order valence-electron chi connectivity index (χ1n) is 4.39.